The molecule has 2 rings (SSSR count). The van der Waals surface area contributed by atoms with E-state index in [0.717, 1.165) is 6.26 Å². The molecule has 0 bridgehead atoms. The van der Waals surface area contributed by atoms with Crippen LogP contribution in [-0.2, 0) is 21.2 Å². The fraction of sp³-hybridized carbons (Fsp3) is 0.333. The van der Waals surface area contributed by atoms with E-state index in [9.17, 15) is 13.2 Å². The van der Waals surface area contributed by atoms with Crippen LogP contribution in [0.1, 0.15) is 12.8 Å². The van der Waals surface area contributed by atoms with Crippen LogP contribution in [0.3, 0.4) is 0 Å². The molecule has 0 atom stereocenters. The highest BCUT2D eigenvalue weighted by molar-refractivity contribution is 7.90. The lowest BCUT2D eigenvalue weighted by Crippen LogP contribution is -2.06. The summed E-state index contributed by atoms with van der Waals surface area (Å²) in [5, 5.41) is 19.8. The molecule has 112 valence electrons. The molecule has 0 aliphatic heterocycles. The number of aromatic nitrogens is 4. The van der Waals surface area contributed by atoms with E-state index in [1.807, 2.05) is 0 Å². The van der Waals surface area contributed by atoms with E-state index in [-0.39, 0.29) is 11.3 Å². The largest absolute Gasteiger partial charge is 0.481 e. The van der Waals surface area contributed by atoms with Gasteiger partial charge in [0.25, 0.3) is 0 Å². The molecule has 9 heteroatoms. The van der Waals surface area contributed by atoms with Gasteiger partial charge in [0.1, 0.15) is 0 Å². The molecule has 0 radical (unpaired) electrons. The zero-order valence-corrected chi connectivity index (χ0v) is 12.1. The average molecular weight is 310 g/mol. The molecule has 1 heterocycles. The lowest BCUT2D eigenvalue weighted by molar-refractivity contribution is -0.137. The summed E-state index contributed by atoms with van der Waals surface area (Å²) in [6.07, 6.45) is 1.53. The normalized spacial score (nSPS) is 11.5. The third kappa shape index (κ3) is 3.85. The number of nitrogens with zero attached hydrogens (tertiary/aromatic N) is 4. The van der Waals surface area contributed by atoms with Crippen molar-refractivity contribution in [2.45, 2.75) is 24.3 Å². The van der Waals surface area contributed by atoms with Gasteiger partial charge in [0.15, 0.2) is 15.7 Å². The minimum atomic E-state index is -3.31. The molecule has 1 N–H and O–H groups in total. The first-order valence-electron chi connectivity index (χ1n) is 6.16. The van der Waals surface area contributed by atoms with Gasteiger partial charge in [0.05, 0.1) is 4.90 Å². The minimum absolute atomic E-state index is 0.0165. The standard InChI is InChI=1S/C12H14N4O4S/c1-21(19,20)10-5-2-4-9(8-10)12-13-14-15-16(12)7-3-6-11(17)18/h2,4-5,8H,3,6-7H2,1H3,(H,17,18). The predicted octanol–water partition coefficient (Wildman–Crippen LogP) is 0.608. The Morgan fingerprint density at radius 3 is 2.81 bits per heavy atom. The van der Waals surface area contributed by atoms with Crippen LogP contribution in [-0.4, -0.2) is 46.0 Å². The topological polar surface area (TPSA) is 115 Å². The van der Waals surface area contributed by atoms with Crippen molar-refractivity contribution in [1.29, 1.82) is 0 Å². The summed E-state index contributed by atoms with van der Waals surface area (Å²) in [4.78, 5) is 10.7. The Balaban J connectivity index is 2.27. The predicted molar refractivity (Wildman–Crippen MR) is 73.2 cm³/mol. The van der Waals surface area contributed by atoms with Gasteiger partial charge in [0, 0.05) is 24.8 Å². The Bertz CT molecular complexity index is 754. The van der Waals surface area contributed by atoms with Gasteiger partial charge in [-0.3, -0.25) is 4.79 Å². The molecule has 0 unspecified atom stereocenters. The van der Waals surface area contributed by atoms with Gasteiger partial charge in [-0.2, -0.15) is 0 Å². The number of hydrogen-bond acceptors (Lipinski definition) is 6. The highest BCUT2D eigenvalue weighted by atomic mass is 32.2. The van der Waals surface area contributed by atoms with E-state index in [0.29, 0.717) is 24.4 Å². The second-order valence-corrected chi connectivity index (χ2v) is 6.54. The highest BCUT2D eigenvalue weighted by Crippen LogP contribution is 2.20. The van der Waals surface area contributed by atoms with Crippen LogP contribution in [0.4, 0.5) is 0 Å². The Kier molecular flexibility index (Phi) is 4.32. The number of tetrazole rings is 1. The van der Waals surface area contributed by atoms with Gasteiger partial charge in [-0.1, -0.05) is 12.1 Å². The molecule has 21 heavy (non-hydrogen) atoms. The monoisotopic (exact) mass is 310 g/mol. The van der Waals surface area contributed by atoms with Crippen molar-refractivity contribution in [3.05, 3.63) is 24.3 Å². The van der Waals surface area contributed by atoms with Crippen molar-refractivity contribution in [1.82, 2.24) is 20.2 Å². The van der Waals surface area contributed by atoms with Crippen LogP contribution in [0.5, 0.6) is 0 Å². The summed E-state index contributed by atoms with van der Waals surface area (Å²) >= 11 is 0. The van der Waals surface area contributed by atoms with Crippen molar-refractivity contribution in [2.75, 3.05) is 6.26 Å². The number of carboxylic acid groups (broad SMARTS) is 1. The molecule has 0 amide bonds. The summed E-state index contributed by atoms with van der Waals surface area (Å²) in [6, 6.07) is 6.31. The summed E-state index contributed by atoms with van der Waals surface area (Å²) in [6.45, 7) is 0.345. The minimum Gasteiger partial charge on any atom is -0.481 e. The molecule has 0 aliphatic carbocycles. The Morgan fingerprint density at radius 2 is 2.14 bits per heavy atom. The van der Waals surface area contributed by atoms with E-state index in [1.165, 1.54) is 16.8 Å². The maximum absolute atomic E-state index is 11.6. The Labute approximate surface area is 121 Å². The van der Waals surface area contributed by atoms with E-state index < -0.39 is 15.8 Å². The van der Waals surface area contributed by atoms with Gasteiger partial charge in [-0.05, 0) is 29.0 Å². The summed E-state index contributed by atoms with van der Waals surface area (Å²) in [5.74, 6) is -0.477. The first-order chi connectivity index (χ1) is 9.88. The van der Waals surface area contributed by atoms with Crippen LogP contribution >= 0.6 is 0 Å². The van der Waals surface area contributed by atoms with Crippen LogP contribution in [0.15, 0.2) is 29.2 Å². The van der Waals surface area contributed by atoms with Crippen LogP contribution < -0.4 is 0 Å². The van der Waals surface area contributed by atoms with E-state index in [4.69, 9.17) is 5.11 Å². The Morgan fingerprint density at radius 1 is 1.38 bits per heavy atom. The van der Waals surface area contributed by atoms with Crippen LogP contribution in [0.2, 0.25) is 0 Å². The number of aliphatic carboxylic acids is 1. The van der Waals surface area contributed by atoms with Gasteiger partial charge >= 0.3 is 5.97 Å². The van der Waals surface area contributed by atoms with Crippen LogP contribution in [0, 0.1) is 0 Å². The third-order valence-electron chi connectivity index (χ3n) is 2.81. The average Bonchev–Trinajstić information content (AvgIpc) is 2.86. The van der Waals surface area contributed by atoms with Crippen molar-refractivity contribution >= 4 is 15.8 Å². The summed E-state index contributed by atoms with van der Waals surface area (Å²) < 4.78 is 24.6. The molecular formula is C12H14N4O4S. The lowest BCUT2D eigenvalue weighted by Gasteiger charge is -2.05. The molecule has 0 spiro atoms. The number of benzene rings is 1. The highest BCUT2D eigenvalue weighted by Gasteiger charge is 2.13. The number of carbonyl (C=O) groups is 1. The third-order valence-corrected chi connectivity index (χ3v) is 3.92. The molecule has 1 aromatic heterocycles. The fourth-order valence-corrected chi connectivity index (χ4v) is 2.47. The smallest absolute Gasteiger partial charge is 0.303 e. The zero-order chi connectivity index (χ0) is 15.5. The maximum Gasteiger partial charge on any atom is 0.303 e. The molecular weight excluding hydrogens is 296 g/mol. The quantitative estimate of drug-likeness (QED) is 0.831. The maximum atomic E-state index is 11.6. The van der Waals surface area contributed by atoms with Crippen molar-refractivity contribution in [2.24, 2.45) is 0 Å². The molecule has 0 saturated carbocycles. The number of aryl methyl sites for hydroxylation is 1. The molecule has 1 aromatic carbocycles. The van der Waals surface area contributed by atoms with E-state index in [2.05, 4.69) is 15.5 Å². The van der Waals surface area contributed by atoms with Gasteiger partial charge in [-0.25, -0.2) is 13.1 Å². The Hall–Kier alpha value is -2.29. The van der Waals surface area contributed by atoms with E-state index in [1.54, 1.807) is 12.1 Å². The van der Waals surface area contributed by atoms with Gasteiger partial charge in [-0.15, -0.1) is 5.10 Å². The number of carboxylic acids is 1. The molecule has 8 nitrogen and oxygen atoms in total. The first-order valence-corrected chi connectivity index (χ1v) is 8.05. The van der Waals surface area contributed by atoms with Crippen LogP contribution in [0.25, 0.3) is 11.4 Å². The molecule has 0 aliphatic rings. The van der Waals surface area contributed by atoms with E-state index >= 15 is 0 Å². The summed E-state index contributed by atoms with van der Waals surface area (Å²) in [7, 11) is -3.31. The van der Waals surface area contributed by atoms with Gasteiger partial charge in [0.2, 0.25) is 0 Å². The fourth-order valence-electron chi connectivity index (χ4n) is 1.81. The SMILES string of the molecule is CS(=O)(=O)c1cccc(-c2nnnn2CCCC(=O)O)c1. The second-order valence-electron chi connectivity index (χ2n) is 4.52. The molecule has 2 aromatic rings. The lowest BCUT2D eigenvalue weighted by atomic mass is 10.2. The summed E-state index contributed by atoms with van der Waals surface area (Å²) in [5.41, 5.74) is 0.568. The van der Waals surface area contributed by atoms with Crippen molar-refractivity contribution in [3.8, 4) is 11.4 Å². The molecule has 0 saturated heterocycles. The first kappa shape index (κ1) is 15.1. The van der Waals surface area contributed by atoms with Gasteiger partial charge < -0.3 is 5.11 Å². The number of sulfone groups is 1. The van der Waals surface area contributed by atoms with Crippen molar-refractivity contribution < 1.29 is 18.3 Å². The molecule has 0 fully saturated rings. The zero-order valence-electron chi connectivity index (χ0n) is 11.3. The number of hydrogen-bond donors (Lipinski definition) is 1. The van der Waals surface area contributed by atoms with Crippen molar-refractivity contribution in [3.63, 3.8) is 0 Å². The second kappa shape index (κ2) is 6.00. The number of rotatable bonds is 6.